The minimum atomic E-state index is -0.866. The van der Waals surface area contributed by atoms with Crippen molar-refractivity contribution in [2.75, 3.05) is 12.3 Å². The van der Waals surface area contributed by atoms with Gasteiger partial charge in [-0.3, -0.25) is 0 Å². The van der Waals surface area contributed by atoms with Crippen LogP contribution in [-0.2, 0) is 11.5 Å². The summed E-state index contributed by atoms with van der Waals surface area (Å²) in [6.45, 7) is 5.57. The molecule has 0 amide bonds. The van der Waals surface area contributed by atoms with Crippen molar-refractivity contribution in [1.29, 1.82) is 0 Å². The maximum atomic E-state index is 14.1. The Morgan fingerprint density at radius 2 is 1.96 bits per heavy atom. The molecule has 2 aromatic heterocycles. The molecule has 0 saturated carbocycles. The molecule has 3 rings (SSSR count). The van der Waals surface area contributed by atoms with Crippen LogP contribution in [0.3, 0.4) is 0 Å². The van der Waals surface area contributed by atoms with Crippen LogP contribution >= 0.6 is 15.9 Å². The highest BCUT2D eigenvalue weighted by atomic mass is 79.9. The summed E-state index contributed by atoms with van der Waals surface area (Å²) < 4.78 is 41.9. The van der Waals surface area contributed by atoms with Crippen molar-refractivity contribution in [3.8, 4) is 11.5 Å². The highest BCUT2D eigenvalue weighted by Gasteiger charge is 2.18. The van der Waals surface area contributed by atoms with Gasteiger partial charge in [-0.1, -0.05) is 13.1 Å². The highest BCUT2D eigenvalue weighted by Crippen LogP contribution is 2.37. The molecular formula is C18H20BrF2N3O2Si. The van der Waals surface area contributed by atoms with Gasteiger partial charge in [0.25, 0.3) is 0 Å². The van der Waals surface area contributed by atoms with Gasteiger partial charge in [0, 0.05) is 50.1 Å². The van der Waals surface area contributed by atoms with Gasteiger partial charge in [0.05, 0.1) is 5.39 Å². The number of hydrogen-bond acceptors (Lipinski definition) is 4. The first kappa shape index (κ1) is 19.8. The molecule has 2 N–H and O–H groups in total. The third-order valence-electron chi connectivity index (χ3n) is 3.98. The number of fused-ring (bicyclic) bond motifs is 1. The lowest BCUT2D eigenvalue weighted by Crippen LogP contribution is -2.08. The summed E-state index contributed by atoms with van der Waals surface area (Å²) in [5.41, 5.74) is 6.04. The van der Waals surface area contributed by atoms with E-state index in [1.807, 2.05) is 10.8 Å². The quantitative estimate of drug-likeness (QED) is 0.312. The van der Waals surface area contributed by atoms with E-state index >= 15 is 0 Å². The summed E-state index contributed by atoms with van der Waals surface area (Å²) >= 11 is 3.47. The zero-order valence-electron chi connectivity index (χ0n) is 15.0. The Morgan fingerprint density at radius 1 is 1.26 bits per heavy atom. The summed E-state index contributed by atoms with van der Waals surface area (Å²) in [5.74, 6) is -1.96. The third kappa shape index (κ3) is 4.48. The maximum Gasteiger partial charge on any atom is 0.198 e. The van der Waals surface area contributed by atoms with Crippen molar-refractivity contribution >= 4 is 41.4 Å². The molecule has 5 nitrogen and oxygen atoms in total. The maximum absolute atomic E-state index is 14.1. The molecule has 0 aliphatic heterocycles. The van der Waals surface area contributed by atoms with Crippen molar-refractivity contribution in [1.82, 2.24) is 9.55 Å². The van der Waals surface area contributed by atoms with Crippen molar-refractivity contribution in [3.05, 3.63) is 46.7 Å². The van der Waals surface area contributed by atoms with Crippen LogP contribution in [0, 0.1) is 11.6 Å². The first-order valence-electron chi connectivity index (χ1n) is 8.50. The Balaban J connectivity index is 1.90. The Bertz CT molecular complexity index is 942. The average molecular weight is 456 g/mol. The molecule has 0 radical (unpaired) electrons. The fourth-order valence-electron chi connectivity index (χ4n) is 2.59. The number of nitrogens with two attached hydrogens (primary N) is 1. The van der Waals surface area contributed by atoms with Gasteiger partial charge in [0.15, 0.2) is 17.4 Å². The van der Waals surface area contributed by atoms with Gasteiger partial charge < -0.3 is 19.8 Å². The molecule has 0 aliphatic carbocycles. The fraction of sp³-hybridized carbons (Fsp3) is 0.278. The van der Waals surface area contributed by atoms with Gasteiger partial charge in [-0.25, -0.2) is 13.8 Å². The lowest BCUT2D eigenvalue weighted by molar-refractivity contribution is 0.0902. The largest absolute Gasteiger partial charge is 0.450 e. The van der Waals surface area contributed by atoms with Crippen LogP contribution in [0.1, 0.15) is 0 Å². The van der Waals surface area contributed by atoms with Gasteiger partial charge in [-0.2, -0.15) is 0 Å². The van der Waals surface area contributed by atoms with Gasteiger partial charge in [-0.05, 0) is 28.0 Å². The zero-order chi connectivity index (χ0) is 19.6. The summed E-state index contributed by atoms with van der Waals surface area (Å²) in [6, 6.07) is 4.68. The van der Waals surface area contributed by atoms with Gasteiger partial charge in [-0.15, -0.1) is 0 Å². The van der Waals surface area contributed by atoms with E-state index in [-0.39, 0.29) is 11.4 Å². The van der Waals surface area contributed by atoms with E-state index in [4.69, 9.17) is 15.2 Å². The van der Waals surface area contributed by atoms with Gasteiger partial charge >= 0.3 is 0 Å². The van der Waals surface area contributed by atoms with E-state index in [1.165, 1.54) is 6.20 Å². The normalized spacial score (nSPS) is 11.5. The van der Waals surface area contributed by atoms with E-state index in [2.05, 4.69) is 34.0 Å². The number of aromatic nitrogens is 2. The van der Waals surface area contributed by atoms with Gasteiger partial charge in [0.2, 0.25) is 0 Å². The number of nitrogen functional groups attached to an aromatic ring is 1. The van der Waals surface area contributed by atoms with Crippen molar-refractivity contribution in [2.45, 2.75) is 25.9 Å². The minimum absolute atomic E-state index is 0.00818. The summed E-state index contributed by atoms with van der Waals surface area (Å²) in [5, 5.41) is 0.606. The van der Waals surface area contributed by atoms with Crippen LogP contribution in [-0.4, -0.2) is 25.0 Å². The Labute approximate surface area is 165 Å². The molecule has 0 aliphatic rings. The van der Waals surface area contributed by atoms with Crippen LogP contribution in [0.15, 0.2) is 35.1 Å². The molecule has 2 heterocycles. The predicted octanol–water partition coefficient (Wildman–Crippen LogP) is 4.91. The molecule has 9 heteroatoms. The van der Waals surface area contributed by atoms with Crippen LogP contribution < -0.4 is 10.5 Å². The van der Waals surface area contributed by atoms with Crippen molar-refractivity contribution < 1.29 is 18.3 Å². The molecule has 1 aromatic carbocycles. The number of nitrogens with zero attached hydrogens (tertiary/aromatic N) is 2. The summed E-state index contributed by atoms with van der Waals surface area (Å²) in [7, 11) is -0.661. The second-order valence-electron chi connectivity index (χ2n) is 6.59. The smallest absolute Gasteiger partial charge is 0.198 e. The average Bonchev–Trinajstić information content (AvgIpc) is 2.92. The zero-order valence-corrected chi connectivity index (χ0v) is 17.7. The Hall–Kier alpha value is -1.97. The lowest BCUT2D eigenvalue weighted by atomic mass is 10.2. The number of benzene rings is 1. The lowest BCUT2D eigenvalue weighted by Gasteiger charge is -2.11. The molecule has 144 valence electrons. The molecule has 0 unspecified atom stereocenters. The number of anilines is 1. The van der Waals surface area contributed by atoms with Crippen LogP contribution in [0.25, 0.3) is 11.0 Å². The van der Waals surface area contributed by atoms with Crippen LogP contribution in [0.4, 0.5) is 14.5 Å². The van der Waals surface area contributed by atoms with Crippen LogP contribution in [0.5, 0.6) is 11.5 Å². The summed E-state index contributed by atoms with van der Waals surface area (Å²) in [4.78, 5) is 4.35. The number of halogens is 3. The number of hydrogen-bond donors (Lipinski definition) is 1. The standard InChI is InChI=1S/C18H20BrF2N3O2Si/c1-27(2)6-5-25-10-24-9-12(19)16-15(3-4-23-18(16)24)26-17-13(20)7-11(22)8-14(17)21/h3-4,7-9,27H,5-6,10,22H2,1-2H3. The third-order valence-corrected chi connectivity index (χ3v) is 5.97. The number of pyridine rings is 1. The number of rotatable bonds is 7. The second-order valence-corrected chi connectivity index (χ2v) is 10.8. The molecule has 0 fully saturated rings. The van der Waals surface area contributed by atoms with Gasteiger partial charge in [0.1, 0.15) is 18.1 Å². The molecule has 0 bridgehead atoms. The van der Waals surface area contributed by atoms with E-state index < -0.39 is 26.2 Å². The first-order chi connectivity index (χ1) is 12.9. The van der Waals surface area contributed by atoms with Crippen molar-refractivity contribution in [3.63, 3.8) is 0 Å². The SMILES string of the molecule is C[SiH](C)CCOCn1cc(Br)c2c(Oc3c(F)cc(N)cc3F)ccnc21. The fourth-order valence-corrected chi connectivity index (χ4v) is 3.85. The second kappa shape index (κ2) is 8.36. The molecule has 0 saturated heterocycles. The summed E-state index contributed by atoms with van der Waals surface area (Å²) in [6.07, 6.45) is 3.34. The minimum Gasteiger partial charge on any atom is -0.450 e. The van der Waals surface area contributed by atoms with E-state index in [0.29, 0.717) is 28.8 Å². The molecule has 3 aromatic rings. The Morgan fingerprint density at radius 3 is 2.63 bits per heavy atom. The topological polar surface area (TPSA) is 62.3 Å². The monoisotopic (exact) mass is 455 g/mol. The first-order valence-corrected chi connectivity index (χ1v) is 12.4. The molecular weight excluding hydrogens is 436 g/mol. The Kier molecular flexibility index (Phi) is 6.13. The molecule has 27 heavy (non-hydrogen) atoms. The predicted molar refractivity (Wildman–Crippen MR) is 108 cm³/mol. The molecule has 0 spiro atoms. The van der Waals surface area contributed by atoms with Crippen LogP contribution in [0.2, 0.25) is 19.1 Å². The van der Waals surface area contributed by atoms with E-state index in [0.717, 1.165) is 18.2 Å². The molecule has 0 atom stereocenters. The number of ether oxygens (including phenoxy) is 2. The van der Waals surface area contributed by atoms with E-state index in [1.54, 1.807) is 6.07 Å². The van der Waals surface area contributed by atoms with Crippen molar-refractivity contribution in [2.24, 2.45) is 0 Å². The highest BCUT2D eigenvalue weighted by molar-refractivity contribution is 9.10. The van der Waals surface area contributed by atoms with E-state index in [9.17, 15) is 8.78 Å².